The van der Waals surface area contributed by atoms with Crippen LogP contribution in [0.25, 0.3) is 20.9 Å². The monoisotopic (exact) mass is 246 g/mol. The van der Waals surface area contributed by atoms with E-state index < -0.39 is 0 Å². The van der Waals surface area contributed by atoms with Crippen molar-refractivity contribution < 1.29 is 0 Å². The molecule has 3 heteroatoms. The SMILES string of the molecule is O=c1c2cc(Cl)ccc2ccc2sccc12. The van der Waals surface area contributed by atoms with Gasteiger partial charge in [0.15, 0.2) is 5.43 Å². The molecule has 1 heterocycles. The summed E-state index contributed by atoms with van der Waals surface area (Å²) in [5.41, 5.74) is 0.0544. The highest BCUT2D eigenvalue weighted by Crippen LogP contribution is 2.21. The van der Waals surface area contributed by atoms with Crippen LogP contribution in [0.4, 0.5) is 0 Å². The van der Waals surface area contributed by atoms with Crippen LogP contribution in [0.2, 0.25) is 5.02 Å². The summed E-state index contributed by atoms with van der Waals surface area (Å²) in [5, 5.41) is 4.91. The van der Waals surface area contributed by atoms with Crippen molar-refractivity contribution in [3.05, 3.63) is 57.0 Å². The lowest BCUT2D eigenvalue weighted by Crippen LogP contribution is -1.96. The molecule has 3 aromatic rings. The summed E-state index contributed by atoms with van der Waals surface area (Å²) in [6.45, 7) is 0. The molecule has 0 aliphatic heterocycles. The van der Waals surface area contributed by atoms with Gasteiger partial charge in [-0.15, -0.1) is 11.3 Å². The van der Waals surface area contributed by atoms with Gasteiger partial charge in [0.2, 0.25) is 0 Å². The standard InChI is InChI=1S/C13H7ClOS/c14-9-3-1-8-2-4-12-10(5-6-16-12)13(15)11(8)7-9/h1-7H. The van der Waals surface area contributed by atoms with Gasteiger partial charge in [0.1, 0.15) is 0 Å². The number of benzene rings is 1. The molecule has 1 aromatic heterocycles. The first-order valence-electron chi connectivity index (χ1n) is 4.85. The van der Waals surface area contributed by atoms with Crippen molar-refractivity contribution in [1.82, 2.24) is 0 Å². The van der Waals surface area contributed by atoms with Crippen LogP contribution < -0.4 is 5.43 Å². The molecule has 78 valence electrons. The summed E-state index contributed by atoms with van der Waals surface area (Å²) in [6, 6.07) is 11.2. The fraction of sp³-hybridized carbons (Fsp3) is 0. The maximum absolute atomic E-state index is 12.2. The van der Waals surface area contributed by atoms with Crippen LogP contribution >= 0.6 is 22.9 Å². The minimum atomic E-state index is 0.0544. The van der Waals surface area contributed by atoms with E-state index in [1.165, 1.54) is 0 Å². The van der Waals surface area contributed by atoms with Crippen molar-refractivity contribution >= 4 is 43.8 Å². The minimum absolute atomic E-state index is 0.0544. The third-order valence-electron chi connectivity index (χ3n) is 2.61. The fourth-order valence-corrected chi connectivity index (χ4v) is 2.78. The topological polar surface area (TPSA) is 17.1 Å². The Kier molecular flexibility index (Phi) is 2.20. The summed E-state index contributed by atoms with van der Waals surface area (Å²) < 4.78 is 1.01. The molecular formula is C13H7ClOS. The molecule has 0 bridgehead atoms. The van der Waals surface area contributed by atoms with Gasteiger partial charge >= 0.3 is 0 Å². The average molecular weight is 247 g/mol. The molecule has 0 atom stereocenters. The zero-order valence-corrected chi connectivity index (χ0v) is 9.81. The molecule has 0 saturated heterocycles. The van der Waals surface area contributed by atoms with Crippen molar-refractivity contribution in [3.8, 4) is 0 Å². The van der Waals surface area contributed by atoms with Crippen LogP contribution in [-0.4, -0.2) is 0 Å². The fourth-order valence-electron chi connectivity index (χ4n) is 1.82. The maximum Gasteiger partial charge on any atom is 0.195 e. The van der Waals surface area contributed by atoms with E-state index in [1.54, 1.807) is 23.5 Å². The van der Waals surface area contributed by atoms with E-state index in [1.807, 2.05) is 29.6 Å². The molecule has 0 aliphatic carbocycles. The van der Waals surface area contributed by atoms with E-state index in [-0.39, 0.29) is 5.43 Å². The molecule has 0 amide bonds. The minimum Gasteiger partial charge on any atom is -0.289 e. The second kappa shape index (κ2) is 3.58. The zero-order chi connectivity index (χ0) is 11.1. The number of hydrogen-bond donors (Lipinski definition) is 0. The average Bonchev–Trinajstić information content (AvgIpc) is 2.70. The lowest BCUT2D eigenvalue weighted by molar-refractivity contribution is 1.77. The Morgan fingerprint density at radius 3 is 2.69 bits per heavy atom. The van der Waals surface area contributed by atoms with E-state index in [0.29, 0.717) is 10.4 Å². The second-order valence-electron chi connectivity index (χ2n) is 3.59. The van der Waals surface area contributed by atoms with Gasteiger partial charge in [-0.05, 0) is 35.0 Å². The van der Waals surface area contributed by atoms with Crippen molar-refractivity contribution in [3.63, 3.8) is 0 Å². The Hall–Kier alpha value is -1.38. The maximum atomic E-state index is 12.2. The molecule has 16 heavy (non-hydrogen) atoms. The van der Waals surface area contributed by atoms with E-state index in [9.17, 15) is 4.79 Å². The van der Waals surface area contributed by atoms with E-state index in [4.69, 9.17) is 11.6 Å². The van der Waals surface area contributed by atoms with Gasteiger partial charge < -0.3 is 0 Å². The predicted octanol–water partition coefficient (Wildman–Crippen LogP) is 4.07. The predicted molar refractivity (Wildman–Crippen MR) is 70.6 cm³/mol. The zero-order valence-electron chi connectivity index (χ0n) is 8.24. The molecule has 3 rings (SSSR count). The van der Waals surface area contributed by atoms with Gasteiger partial charge in [0.05, 0.1) is 0 Å². The van der Waals surface area contributed by atoms with Crippen LogP contribution in [0, 0.1) is 0 Å². The molecule has 0 saturated carbocycles. The van der Waals surface area contributed by atoms with Crippen LogP contribution in [0.5, 0.6) is 0 Å². The van der Waals surface area contributed by atoms with Crippen LogP contribution in [-0.2, 0) is 0 Å². The third kappa shape index (κ3) is 1.42. The molecule has 0 fully saturated rings. The smallest absolute Gasteiger partial charge is 0.195 e. The largest absolute Gasteiger partial charge is 0.289 e. The Morgan fingerprint density at radius 2 is 1.81 bits per heavy atom. The van der Waals surface area contributed by atoms with E-state index >= 15 is 0 Å². The van der Waals surface area contributed by atoms with Gasteiger partial charge in [-0.1, -0.05) is 23.7 Å². The Bertz CT molecular complexity index is 746. The summed E-state index contributed by atoms with van der Waals surface area (Å²) in [6.07, 6.45) is 0. The van der Waals surface area contributed by atoms with Crippen molar-refractivity contribution in [2.75, 3.05) is 0 Å². The molecular weight excluding hydrogens is 240 g/mol. The summed E-state index contributed by atoms with van der Waals surface area (Å²) in [4.78, 5) is 12.2. The first-order valence-corrected chi connectivity index (χ1v) is 6.11. The highest BCUT2D eigenvalue weighted by atomic mass is 35.5. The lowest BCUT2D eigenvalue weighted by atomic mass is 10.2. The Morgan fingerprint density at radius 1 is 1.00 bits per heavy atom. The highest BCUT2D eigenvalue weighted by Gasteiger charge is 2.03. The van der Waals surface area contributed by atoms with Crippen molar-refractivity contribution in [2.45, 2.75) is 0 Å². The Balaban J connectivity index is 2.66. The molecule has 2 aromatic carbocycles. The van der Waals surface area contributed by atoms with E-state index in [2.05, 4.69) is 0 Å². The number of rotatable bonds is 0. The first kappa shape index (κ1) is 9.82. The molecule has 0 spiro atoms. The van der Waals surface area contributed by atoms with Crippen LogP contribution in [0.15, 0.2) is 46.6 Å². The van der Waals surface area contributed by atoms with Crippen LogP contribution in [0.3, 0.4) is 0 Å². The van der Waals surface area contributed by atoms with E-state index in [0.717, 1.165) is 15.5 Å². The molecule has 0 radical (unpaired) electrons. The van der Waals surface area contributed by atoms with Gasteiger partial charge in [-0.2, -0.15) is 0 Å². The summed E-state index contributed by atoms with van der Waals surface area (Å²) in [5.74, 6) is 0. The number of fused-ring (bicyclic) bond motifs is 2. The molecule has 1 nitrogen and oxygen atoms in total. The highest BCUT2D eigenvalue weighted by molar-refractivity contribution is 7.17. The van der Waals surface area contributed by atoms with Gasteiger partial charge in [-0.25, -0.2) is 0 Å². The second-order valence-corrected chi connectivity index (χ2v) is 4.98. The van der Waals surface area contributed by atoms with Crippen molar-refractivity contribution in [1.29, 1.82) is 0 Å². The molecule has 0 aliphatic rings. The van der Waals surface area contributed by atoms with Crippen LogP contribution in [0.1, 0.15) is 0 Å². The lowest BCUT2D eigenvalue weighted by Gasteiger charge is -1.92. The summed E-state index contributed by atoms with van der Waals surface area (Å²) in [7, 11) is 0. The summed E-state index contributed by atoms with van der Waals surface area (Å²) >= 11 is 7.50. The number of halogens is 1. The first-order chi connectivity index (χ1) is 7.75. The van der Waals surface area contributed by atoms with Gasteiger partial charge in [0, 0.05) is 20.5 Å². The molecule has 0 unspecified atom stereocenters. The molecule has 0 N–H and O–H groups in total. The number of hydrogen-bond acceptors (Lipinski definition) is 2. The normalized spacial score (nSPS) is 11.1. The van der Waals surface area contributed by atoms with Gasteiger partial charge in [0.25, 0.3) is 0 Å². The van der Waals surface area contributed by atoms with Gasteiger partial charge in [-0.3, -0.25) is 4.79 Å². The third-order valence-corrected chi connectivity index (χ3v) is 3.73. The van der Waals surface area contributed by atoms with Crippen molar-refractivity contribution in [2.24, 2.45) is 0 Å². The number of thiophene rings is 1. The quantitative estimate of drug-likeness (QED) is 0.584. The Labute approximate surface area is 101 Å².